The van der Waals surface area contributed by atoms with Crippen LogP contribution in [0.5, 0.6) is 0 Å². The van der Waals surface area contributed by atoms with Gasteiger partial charge in [0.1, 0.15) is 0 Å². The van der Waals surface area contributed by atoms with Gasteiger partial charge >= 0.3 is 0 Å². The number of rotatable bonds is 6. The molecule has 80 valence electrons. The molecule has 0 saturated carbocycles. The van der Waals surface area contributed by atoms with E-state index in [4.69, 9.17) is 0 Å². The molecule has 0 aromatic carbocycles. The summed E-state index contributed by atoms with van der Waals surface area (Å²) in [5.74, 6) is 1.60. The highest BCUT2D eigenvalue weighted by molar-refractivity contribution is 4.69. The van der Waals surface area contributed by atoms with E-state index in [0.717, 1.165) is 11.8 Å². The summed E-state index contributed by atoms with van der Waals surface area (Å²) in [6, 6.07) is 1.32. The van der Waals surface area contributed by atoms with Crippen LogP contribution < -0.4 is 5.32 Å². The molecule has 0 rings (SSSR count). The molecule has 0 aromatic rings. The first-order valence-corrected chi connectivity index (χ1v) is 5.67. The van der Waals surface area contributed by atoms with Gasteiger partial charge in [0.05, 0.1) is 0 Å². The second-order valence-electron chi connectivity index (χ2n) is 5.23. The zero-order chi connectivity index (χ0) is 10.4. The molecule has 0 amide bonds. The summed E-state index contributed by atoms with van der Waals surface area (Å²) in [6.07, 6.45) is 2.56. The Hall–Kier alpha value is -0.0400. The smallest absolute Gasteiger partial charge is 0.00436 e. The zero-order valence-electron chi connectivity index (χ0n) is 10.2. The molecular formula is C12H27N. The summed E-state index contributed by atoms with van der Waals surface area (Å²) in [6.45, 7) is 13.7. The summed E-state index contributed by atoms with van der Waals surface area (Å²) in [5, 5.41) is 3.64. The third-order valence-electron chi connectivity index (χ3n) is 2.22. The fourth-order valence-corrected chi connectivity index (χ4v) is 2.04. The van der Waals surface area contributed by atoms with Gasteiger partial charge in [0.2, 0.25) is 0 Å². The van der Waals surface area contributed by atoms with Crippen molar-refractivity contribution in [3.63, 3.8) is 0 Å². The van der Waals surface area contributed by atoms with Gasteiger partial charge in [-0.05, 0) is 38.5 Å². The minimum absolute atomic E-state index is 0.661. The molecule has 0 unspecified atom stereocenters. The molecule has 0 heterocycles. The first-order chi connectivity index (χ1) is 5.91. The highest BCUT2D eigenvalue weighted by Crippen LogP contribution is 2.08. The molecule has 0 saturated heterocycles. The van der Waals surface area contributed by atoms with Gasteiger partial charge in [0.25, 0.3) is 0 Å². The minimum atomic E-state index is 0.661. The third kappa shape index (κ3) is 8.29. The largest absolute Gasteiger partial charge is 0.312 e. The molecular weight excluding hydrogens is 158 g/mol. The molecule has 2 atom stereocenters. The Labute approximate surface area is 84.3 Å². The van der Waals surface area contributed by atoms with Gasteiger partial charge in [0, 0.05) is 12.1 Å². The molecule has 0 aliphatic heterocycles. The Morgan fingerprint density at radius 1 is 0.692 bits per heavy atom. The van der Waals surface area contributed by atoms with Gasteiger partial charge < -0.3 is 5.32 Å². The molecule has 0 fully saturated rings. The Balaban J connectivity index is 3.58. The fraction of sp³-hybridized carbons (Fsp3) is 1.00. The first-order valence-electron chi connectivity index (χ1n) is 5.67. The molecule has 1 N–H and O–H groups in total. The SMILES string of the molecule is CC(C)C[C@@H](C)N[C@H](C)CC(C)C. The van der Waals surface area contributed by atoms with Crippen LogP contribution in [0.4, 0.5) is 0 Å². The lowest BCUT2D eigenvalue weighted by molar-refractivity contribution is 0.365. The Morgan fingerprint density at radius 2 is 1.00 bits per heavy atom. The molecule has 1 nitrogen and oxygen atoms in total. The molecule has 1 heteroatoms. The van der Waals surface area contributed by atoms with Crippen LogP contribution >= 0.6 is 0 Å². The van der Waals surface area contributed by atoms with Crippen molar-refractivity contribution < 1.29 is 0 Å². The van der Waals surface area contributed by atoms with Crippen LogP contribution in [0.1, 0.15) is 54.4 Å². The normalized spacial score (nSPS) is 16.6. The molecule has 0 spiro atoms. The van der Waals surface area contributed by atoms with E-state index >= 15 is 0 Å². The van der Waals surface area contributed by atoms with Crippen molar-refractivity contribution >= 4 is 0 Å². The standard InChI is InChI=1S/C12H27N/c1-9(2)7-11(5)13-12(6)8-10(3)4/h9-13H,7-8H2,1-6H3/t11-,12-/m1/s1. The Morgan fingerprint density at radius 3 is 1.23 bits per heavy atom. The van der Waals surface area contributed by atoms with Gasteiger partial charge in [-0.3, -0.25) is 0 Å². The monoisotopic (exact) mass is 185 g/mol. The summed E-state index contributed by atoms with van der Waals surface area (Å²) >= 11 is 0. The van der Waals surface area contributed by atoms with Crippen molar-refractivity contribution in [2.24, 2.45) is 11.8 Å². The predicted molar refractivity (Wildman–Crippen MR) is 61.0 cm³/mol. The topological polar surface area (TPSA) is 12.0 Å². The van der Waals surface area contributed by atoms with Crippen molar-refractivity contribution in [2.75, 3.05) is 0 Å². The lowest BCUT2D eigenvalue weighted by atomic mass is 10.0. The van der Waals surface area contributed by atoms with E-state index in [-0.39, 0.29) is 0 Å². The predicted octanol–water partition coefficient (Wildman–Crippen LogP) is 3.45. The van der Waals surface area contributed by atoms with Crippen LogP contribution in [-0.4, -0.2) is 12.1 Å². The van der Waals surface area contributed by atoms with Crippen LogP contribution in [0.15, 0.2) is 0 Å². The van der Waals surface area contributed by atoms with Gasteiger partial charge in [-0.15, -0.1) is 0 Å². The van der Waals surface area contributed by atoms with Crippen LogP contribution in [0.2, 0.25) is 0 Å². The van der Waals surface area contributed by atoms with E-state index < -0.39 is 0 Å². The number of hydrogen-bond acceptors (Lipinski definition) is 1. The van der Waals surface area contributed by atoms with Gasteiger partial charge in [-0.1, -0.05) is 27.7 Å². The second-order valence-corrected chi connectivity index (χ2v) is 5.23. The van der Waals surface area contributed by atoms with E-state index in [1.54, 1.807) is 0 Å². The van der Waals surface area contributed by atoms with Gasteiger partial charge in [-0.25, -0.2) is 0 Å². The van der Waals surface area contributed by atoms with E-state index in [1.165, 1.54) is 12.8 Å². The highest BCUT2D eigenvalue weighted by atomic mass is 14.9. The summed E-state index contributed by atoms with van der Waals surface area (Å²) < 4.78 is 0. The maximum absolute atomic E-state index is 3.64. The van der Waals surface area contributed by atoms with Crippen LogP contribution in [-0.2, 0) is 0 Å². The minimum Gasteiger partial charge on any atom is -0.312 e. The Bertz CT molecular complexity index is 104. The average molecular weight is 185 g/mol. The highest BCUT2D eigenvalue weighted by Gasteiger charge is 2.09. The maximum atomic E-state index is 3.64. The van der Waals surface area contributed by atoms with Gasteiger partial charge in [0.15, 0.2) is 0 Å². The first kappa shape index (κ1) is 13.0. The van der Waals surface area contributed by atoms with Gasteiger partial charge in [-0.2, -0.15) is 0 Å². The van der Waals surface area contributed by atoms with Crippen LogP contribution in [0.3, 0.4) is 0 Å². The van der Waals surface area contributed by atoms with E-state index in [0.29, 0.717) is 12.1 Å². The van der Waals surface area contributed by atoms with Crippen LogP contribution in [0, 0.1) is 11.8 Å². The lowest BCUT2D eigenvalue weighted by Crippen LogP contribution is -2.36. The van der Waals surface area contributed by atoms with Crippen molar-refractivity contribution in [3.8, 4) is 0 Å². The Kier molecular flexibility index (Phi) is 6.40. The average Bonchev–Trinajstić information content (AvgIpc) is 1.80. The molecule has 0 bridgehead atoms. The number of hydrogen-bond donors (Lipinski definition) is 1. The van der Waals surface area contributed by atoms with E-state index in [2.05, 4.69) is 46.9 Å². The van der Waals surface area contributed by atoms with Crippen molar-refractivity contribution in [1.29, 1.82) is 0 Å². The van der Waals surface area contributed by atoms with E-state index in [1.807, 2.05) is 0 Å². The fourth-order valence-electron chi connectivity index (χ4n) is 2.04. The summed E-state index contributed by atoms with van der Waals surface area (Å²) in [4.78, 5) is 0. The van der Waals surface area contributed by atoms with Crippen molar-refractivity contribution in [1.82, 2.24) is 5.32 Å². The van der Waals surface area contributed by atoms with Crippen molar-refractivity contribution in [3.05, 3.63) is 0 Å². The van der Waals surface area contributed by atoms with Crippen LogP contribution in [0.25, 0.3) is 0 Å². The zero-order valence-corrected chi connectivity index (χ0v) is 10.2. The second kappa shape index (κ2) is 6.42. The number of nitrogens with one attached hydrogen (secondary N) is 1. The van der Waals surface area contributed by atoms with E-state index in [9.17, 15) is 0 Å². The quantitative estimate of drug-likeness (QED) is 0.668. The third-order valence-corrected chi connectivity index (χ3v) is 2.22. The molecule has 13 heavy (non-hydrogen) atoms. The molecule has 0 radical (unpaired) electrons. The molecule has 0 aromatic heterocycles. The summed E-state index contributed by atoms with van der Waals surface area (Å²) in [5.41, 5.74) is 0. The molecule has 0 aliphatic rings. The summed E-state index contributed by atoms with van der Waals surface area (Å²) in [7, 11) is 0. The maximum Gasteiger partial charge on any atom is 0.00436 e. The van der Waals surface area contributed by atoms with Crippen molar-refractivity contribution in [2.45, 2.75) is 66.5 Å². The molecule has 0 aliphatic carbocycles. The lowest BCUT2D eigenvalue weighted by Gasteiger charge is -2.22.